The fraction of sp³-hybridized carbons (Fsp3) is 0.375. The van der Waals surface area contributed by atoms with Gasteiger partial charge in [-0.3, -0.25) is 0 Å². The van der Waals surface area contributed by atoms with Crippen LogP contribution in [0, 0.1) is 11.7 Å². The van der Waals surface area contributed by atoms with Gasteiger partial charge in [0.15, 0.2) is 0 Å². The number of nitrogens with one attached hydrogen (secondary N) is 1. The van der Waals surface area contributed by atoms with E-state index in [4.69, 9.17) is 11.6 Å². The minimum atomic E-state index is -0.974. The van der Waals surface area contributed by atoms with Gasteiger partial charge in [0.2, 0.25) is 0 Å². The Morgan fingerprint density at radius 3 is 2.73 bits per heavy atom. The Morgan fingerprint density at radius 2 is 2.00 bits per heavy atom. The zero-order valence-corrected chi connectivity index (χ0v) is 17.8. The molecule has 2 atom stereocenters. The highest BCUT2D eigenvalue weighted by Crippen LogP contribution is 2.30. The van der Waals surface area contributed by atoms with Crippen molar-refractivity contribution in [2.75, 3.05) is 0 Å². The molecule has 0 bridgehead atoms. The summed E-state index contributed by atoms with van der Waals surface area (Å²) in [4.78, 5) is 12.3. The number of nitrogens with zero attached hydrogens (tertiary/aromatic N) is 1. The molecule has 0 saturated heterocycles. The standard InChI is InChI=1S/C24H26ClFN2O2/c1-15-6-2-4-8-21(15)27-13-19-18-7-3-5-9-22(18)28(23(19)24(29)30)14-16-10-11-17(26)12-20(16)25/h3,5,7,9-12,15,21,27H,2,4,6,8,13-14H2,1H3,(H,29,30)/t15-,21-/m1/s1. The highest BCUT2D eigenvalue weighted by molar-refractivity contribution is 6.31. The second-order valence-electron chi connectivity index (χ2n) is 8.22. The van der Waals surface area contributed by atoms with Crippen molar-refractivity contribution in [1.29, 1.82) is 0 Å². The Morgan fingerprint density at radius 1 is 1.23 bits per heavy atom. The van der Waals surface area contributed by atoms with E-state index in [2.05, 4.69) is 12.2 Å². The molecular weight excluding hydrogens is 403 g/mol. The third kappa shape index (κ3) is 4.09. The van der Waals surface area contributed by atoms with Crippen LogP contribution in [-0.4, -0.2) is 21.7 Å². The van der Waals surface area contributed by atoms with Crippen molar-refractivity contribution < 1.29 is 14.3 Å². The summed E-state index contributed by atoms with van der Waals surface area (Å²) in [5, 5.41) is 14.9. The van der Waals surface area contributed by atoms with Crippen molar-refractivity contribution in [2.45, 2.75) is 51.7 Å². The highest BCUT2D eigenvalue weighted by atomic mass is 35.5. The number of rotatable bonds is 6. The number of hydrogen-bond acceptors (Lipinski definition) is 2. The van der Waals surface area contributed by atoms with E-state index in [1.54, 1.807) is 10.6 Å². The molecule has 0 amide bonds. The Bertz CT molecular complexity index is 1080. The predicted molar refractivity (Wildman–Crippen MR) is 118 cm³/mol. The van der Waals surface area contributed by atoms with E-state index in [9.17, 15) is 14.3 Å². The number of hydrogen-bond donors (Lipinski definition) is 2. The van der Waals surface area contributed by atoms with E-state index in [0.717, 1.165) is 22.9 Å². The maximum absolute atomic E-state index is 13.5. The number of benzene rings is 2. The number of carbonyl (C=O) groups is 1. The first-order valence-corrected chi connectivity index (χ1v) is 10.8. The van der Waals surface area contributed by atoms with Crippen LogP contribution in [0.15, 0.2) is 42.5 Å². The van der Waals surface area contributed by atoms with Gasteiger partial charge in [-0.2, -0.15) is 0 Å². The van der Waals surface area contributed by atoms with Crippen molar-refractivity contribution in [3.63, 3.8) is 0 Å². The molecule has 4 rings (SSSR count). The molecule has 0 spiro atoms. The smallest absolute Gasteiger partial charge is 0.352 e. The van der Waals surface area contributed by atoms with Gasteiger partial charge >= 0.3 is 5.97 Å². The molecule has 0 radical (unpaired) electrons. The topological polar surface area (TPSA) is 54.3 Å². The lowest BCUT2D eigenvalue weighted by molar-refractivity contribution is 0.0684. The van der Waals surface area contributed by atoms with Crippen LogP contribution < -0.4 is 5.32 Å². The third-order valence-electron chi connectivity index (χ3n) is 6.27. The minimum absolute atomic E-state index is 0.257. The van der Waals surface area contributed by atoms with E-state index < -0.39 is 11.8 Å². The molecule has 1 aromatic heterocycles. The molecule has 4 nitrogen and oxygen atoms in total. The maximum Gasteiger partial charge on any atom is 0.352 e. The number of aromatic nitrogens is 1. The summed E-state index contributed by atoms with van der Waals surface area (Å²) in [6.45, 7) is 3.02. The number of halogens is 2. The molecule has 2 aromatic carbocycles. The molecule has 1 saturated carbocycles. The molecule has 1 fully saturated rings. The monoisotopic (exact) mass is 428 g/mol. The van der Waals surface area contributed by atoms with Crippen LogP contribution in [0.5, 0.6) is 0 Å². The van der Waals surface area contributed by atoms with Crippen molar-refractivity contribution in [3.05, 3.63) is 70.1 Å². The first-order chi connectivity index (χ1) is 14.5. The second-order valence-corrected chi connectivity index (χ2v) is 8.63. The number of aromatic carboxylic acids is 1. The van der Waals surface area contributed by atoms with Crippen LogP contribution in [-0.2, 0) is 13.1 Å². The summed E-state index contributed by atoms with van der Waals surface area (Å²) in [5.74, 6) is -0.803. The number of fused-ring (bicyclic) bond motifs is 1. The average Bonchev–Trinajstić information content (AvgIpc) is 3.03. The van der Waals surface area contributed by atoms with E-state index in [-0.39, 0.29) is 12.2 Å². The van der Waals surface area contributed by atoms with Gasteiger partial charge in [-0.1, -0.05) is 55.6 Å². The van der Waals surface area contributed by atoms with Crippen LogP contribution in [0.4, 0.5) is 4.39 Å². The van der Waals surface area contributed by atoms with Crippen LogP contribution in [0.1, 0.15) is 54.2 Å². The summed E-state index contributed by atoms with van der Waals surface area (Å²) in [7, 11) is 0. The fourth-order valence-corrected chi connectivity index (χ4v) is 4.86. The Labute approximate surface area is 180 Å². The van der Waals surface area contributed by atoms with Crippen LogP contribution in [0.3, 0.4) is 0 Å². The molecule has 1 aliphatic rings. The number of carboxylic acid groups (broad SMARTS) is 1. The van der Waals surface area contributed by atoms with Crippen molar-refractivity contribution in [3.8, 4) is 0 Å². The lowest BCUT2D eigenvalue weighted by Gasteiger charge is -2.29. The largest absolute Gasteiger partial charge is 0.477 e. The SMILES string of the molecule is C[C@@H]1CCCC[C@H]1NCc1c(C(=O)O)n(Cc2ccc(F)cc2Cl)c2ccccc12. The van der Waals surface area contributed by atoms with Gasteiger partial charge in [0.05, 0.1) is 0 Å². The lowest BCUT2D eigenvalue weighted by atomic mass is 9.86. The molecule has 2 N–H and O–H groups in total. The Hall–Kier alpha value is -2.37. The molecular formula is C24H26ClFN2O2. The van der Waals surface area contributed by atoms with Crippen molar-refractivity contribution >= 4 is 28.5 Å². The zero-order valence-electron chi connectivity index (χ0n) is 17.0. The van der Waals surface area contributed by atoms with Gasteiger partial charge in [-0.15, -0.1) is 0 Å². The average molecular weight is 429 g/mol. The molecule has 1 heterocycles. The van der Waals surface area contributed by atoms with E-state index in [1.807, 2.05) is 24.3 Å². The first-order valence-electron chi connectivity index (χ1n) is 10.5. The van der Waals surface area contributed by atoms with E-state index >= 15 is 0 Å². The zero-order chi connectivity index (χ0) is 21.3. The fourth-order valence-electron chi connectivity index (χ4n) is 4.64. The van der Waals surface area contributed by atoms with Crippen LogP contribution in [0.2, 0.25) is 5.02 Å². The molecule has 0 unspecified atom stereocenters. The highest BCUT2D eigenvalue weighted by Gasteiger charge is 2.25. The Balaban J connectivity index is 1.74. The Kier molecular flexibility index (Phi) is 6.11. The van der Waals surface area contributed by atoms with E-state index in [1.165, 1.54) is 31.4 Å². The normalized spacial score (nSPS) is 19.3. The molecule has 3 aromatic rings. The van der Waals surface area contributed by atoms with Crippen LogP contribution in [0.25, 0.3) is 10.9 Å². The summed E-state index contributed by atoms with van der Waals surface area (Å²) < 4.78 is 15.2. The first kappa shape index (κ1) is 20.9. The number of para-hydroxylation sites is 1. The summed E-state index contributed by atoms with van der Waals surface area (Å²) in [5.41, 5.74) is 2.56. The molecule has 158 valence electrons. The molecule has 30 heavy (non-hydrogen) atoms. The van der Waals surface area contributed by atoms with E-state index in [0.29, 0.717) is 29.1 Å². The maximum atomic E-state index is 13.5. The van der Waals surface area contributed by atoms with Crippen LogP contribution >= 0.6 is 11.6 Å². The van der Waals surface area contributed by atoms with Gasteiger partial charge in [-0.25, -0.2) is 9.18 Å². The minimum Gasteiger partial charge on any atom is -0.477 e. The summed E-state index contributed by atoms with van der Waals surface area (Å²) in [6.07, 6.45) is 4.79. The van der Waals surface area contributed by atoms with Gasteiger partial charge in [0.25, 0.3) is 0 Å². The quantitative estimate of drug-likeness (QED) is 0.517. The summed E-state index contributed by atoms with van der Waals surface area (Å²) in [6, 6.07) is 12.3. The molecule has 6 heteroatoms. The van der Waals surface area contributed by atoms with Gasteiger partial charge in [0.1, 0.15) is 11.5 Å². The third-order valence-corrected chi connectivity index (χ3v) is 6.63. The van der Waals surface area contributed by atoms with Gasteiger partial charge < -0.3 is 15.0 Å². The molecule has 0 aliphatic heterocycles. The lowest BCUT2D eigenvalue weighted by Crippen LogP contribution is -2.37. The van der Waals surface area contributed by atoms with Crippen molar-refractivity contribution in [1.82, 2.24) is 9.88 Å². The van der Waals surface area contributed by atoms with Gasteiger partial charge in [-0.05, 0) is 42.5 Å². The molecule has 1 aliphatic carbocycles. The van der Waals surface area contributed by atoms with Crippen molar-refractivity contribution in [2.24, 2.45) is 5.92 Å². The van der Waals surface area contributed by atoms with Gasteiger partial charge in [0, 0.05) is 40.6 Å². The summed E-state index contributed by atoms with van der Waals surface area (Å²) >= 11 is 6.23. The number of carboxylic acids is 1. The second kappa shape index (κ2) is 8.78. The predicted octanol–water partition coefficient (Wildman–Crippen LogP) is 5.85.